The Morgan fingerprint density at radius 2 is 1.24 bits per heavy atom. The summed E-state index contributed by atoms with van der Waals surface area (Å²) in [7, 11) is 0. The minimum atomic E-state index is -3.16. The topological polar surface area (TPSA) is 129 Å². The molecule has 1 fully saturated rings. The molecule has 9 heteroatoms. The van der Waals surface area contributed by atoms with E-state index in [2.05, 4.69) is 0 Å². The molecule has 0 aliphatic carbocycles. The lowest BCUT2D eigenvalue weighted by molar-refractivity contribution is -0.262. The Kier molecular flexibility index (Phi) is 2.95. The van der Waals surface area contributed by atoms with Crippen molar-refractivity contribution in [3.05, 3.63) is 11.5 Å². The molecule has 0 aromatic carbocycles. The lowest BCUT2D eigenvalue weighted by Crippen LogP contribution is -2.62. The molecule has 0 bridgehead atoms. The van der Waals surface area contributed by atoms with E-state index in [9.17, 15) is 24.6 Å². The van der Waals surface area contributed by atoms with Crippen LogP contribution in [0.3, 0.4) is 0 Å². The Balaban J connectivity index is 2.52. The maximum Gasteiger partial charge on any atom is 0.358 e. The molecule has 0 spiro atoms. The van der Waals surface area contributed by atoms with Crippen LogP contribution in [0.2, 0.25) is 0 Å². The fourth-order valence-corrected chi connectivity index (χ4v) is 1.87. The predicted octanol–water partition coefficient (Wildman–Crippen LogP) is -0.367. The van der Waals surface area contributed by atoms with Gasteiger partial charge in [0.25, 0.3) is 23.1 Å². The monoisotopic (exact) mass is 302 g/mol. The second-order valence-corrected chi connectivity index (χ2v) is 5.46. The molecule has 2 aliphatic rings. The van der Waals surface area contributed by atoms with Crippen LogP contribution in [0.4, 0.5) is 0 Å². The van der Waals surface area contributed by atoms with E-state index in [1.54, 1.807) is 0 Å². The van der Waals surface area contributed by atoms with Gasteiger partial charge >= 0.3 is 17.9 Å². The maximum atomic E-state index is 11.9. The van der Waals surface area contributed by atoms with Gasteiger partial charge in [-0.25, -0.2) is 14.4 Å². The fourth-order valence-electron chi connectivity index (χ4n) is 1.87. The molecule has 116 valence electrons. The molecule has 2 rings (SSSR count). The summed E-state index contributed by atoms with van der Waals surface area (Å²) >= 11 is 0. The number of carbonyl (C=O) groups excluding carboxylic acids is 3. The normalized spacial score (nSPS) is 26.4. The molecule has 0 aromatic rings. The van der Waals surface area contributed by atoms with Crippen LogP contribution in [0.15, 0.2) is 11.5 Å². The summed E-state index contributed by atoms with van der Waals surface area (Å²) in [5.74, 6) is -8.53. The average Bonchev–Trinajstić information content (AvgIpc) is 2.22. The van der Waals surface area contributed by atoms with Gasteiger partial charge in [0.1, 0.15) is 0 Å². The van der Waals surface area contributed by atoms with Crippen molar-refractivity contribution in [1.82, 2.24) is 0 Å². The summed E-state index contributed by atoms with van der Waals surface area (Å²) in [5, 5.41) is 20.0. The zero-order chi connectivity index (χ0) is 16.2. The highest BCUT2D eigenvalue weighted by molar-refractivity contribution is 6.15. The largest absolute Gasteiger partial charge is 0.480 e. The molecular weight excluding hydrogens is 288 g/mol. The van der Waals surface area contributed by atoms with Gasteiger partial charge in [-0.15, -0.1) is 0 Å². The number of aliphatic hydroxyl groups is 2. The van der Waals surface area contributed by atoms with Crippen LogP contribution in [-0.4, -0.2) is 45.3 Å². The van der Waals surface area contributed by atoms with Crippen LogP contribution < -0.4 is 0 Å². The van der Waals surface area contributed by atoms with Crippen LogP contribution in [0, 0.1) is 0 Å². The van der Waals surface area contributed by atoms with Crippen molar-refractivity contribution in [1.29, 1.82) is 0 Å². The number of ether oxygens (including phenoxy) is 4. The lowest BCUT2D eigenvalue weighted by atomic mass is 9.92. The van der Waals surface area contributed by atoms with Gasteiger partial charge in [0.2, 0.25) is 0 Å². The zero-order valence-corrected chi connectivity index (χ0v) is 11.8. The molecule has 0 aromatic heterocycles. The lowest BCUT2D eigenvalue weighted by Gasteiger charge is -2.39. The molecule has 0 radical (unpaired) electrons. The molecular formula is C12H14O9. The first-order valence-corrected chi connectivity index (χ1v) is 5.94. The van der Waals surface area contributed by atoms with E-state index in [-0.39, 0.29) is 0 Å². The Hall–Kier alpha value is -2.29. The van der Waals surface area contributed by atoms with Gasteiger partial charge in [-0.1, -0.05) is 0 Å². The van der Waals surface area contributed by atoms with E-state index >= 15 is 0 Å². The molecule has 21 heavy (non-hydrogen) atoms. The molecule has 0 atom stereocenters. The van der Waals surface area contributed by atoms with E-state index in [1.165, 1.54) is 27.7 Å². The van der Waals surface area contributed by atoms with Crippen LogP contribution in [-0.2, 0) is 33.3 Å². The molecule has 2 N–H and O–H groups in total. The van der Waals surface area contributed by atoms with Gasteiger partial charge in [0, 0.05) is 27.7 Å². The molecule has 2 aliphatic heterocycles. The van der Waals surface area contributed by atoms with Crippen LogP contribution >= 0.6 is 0 Å². The summed E-state index contributed by atoms with van der Waals surface area (Å²) in [6.07, 6.45) is 0. The molecule has 0 saturated carbocycles. The van der Waals surface area contributed by atoms with Crippen molar-refractivity contribution in [3.63, 3.8) is 0 Å². The van der Waals surface area contributed by atoms with Gasteiger partial charge in [0.05, 0.1) is 0 Å². The van der Waals surface area contributed by atoms with Crippen molar-refractivity contribution in [2.24, 2.45) is 0 Å². The van der Waals surface area contributed by atoms with Crippen LogP contribution in [0.1, 0.15) is 27.7 Å². The second-order valence-electron chi connectivity index (χ2n) is 5.46. The Bertz CT molecular complexity index is 549. The third-order valence-corrected chi connectivity index (χ3v) is 2.73. The summed E-state index contributed by atoms with van der Waals surface area (Å²) in [6.45, 7) is 5.13. The zero-order valence-electron chi connectivity index (χ0n) is 11.8. The first-order chi connectivity index (χ1) is 9.39. The van der Waals surface area contributed by atoms with Crippen molar-refractivity contribution in [2.75, 3.05) is 0 Å². The fraction of sp³-hybridized carbons (Fsp3) is 0.583. The molecule has 0 amide bonds. The Labute approximate surface area is 119 Å². The second kappa shape index (κ2) is 4.10. The smallest absolute Gasteiger partial charge is 0.358 e. The molecule has 1 saturated heterocycles. The van der Waals surface area contributed by atoms with Crippen LogP contribution in [0.25, 0.3) is 0 Å². The van der Waals surface area contributed by atoms with Crippen molar-refractivity contribution < 1.29 is 43.5 Å². The number of aliphatic hydroxyl groups excluding tert-OH is 1. The molecule has 0 unspecified atom stereocenters. The Morgan fingerprint density at radius 3 is 1.67 bits per heavy atom. The summed E-state index contributed by atoms with van der Waals surface area (Å²) in [5.41, 5.74) is -4.25. The number of esters is 3. The minimum Gasteiger partial charge on any atom is -0.480 e. The van der Waals surface area contributed by atoms with Crippen molar-refractivity contribution >= 4 is 17.9 Å². The summed E-state index contributed by atoms with van der Waals surface area (Å²) in [6, 6.07) is 0. The van der Waals surface area contributed by atoms with E-state index in [4.69, 9.17) is 18.9 Å². The molecule has 9 nitrogen and oxygen atoms in total. The predicted molar refractivity (Wildman–Crippen MR) is 62.1 cm³/mol. The van der Waals surface area contributed by atoms with Gasteiger partial charge < -0.3 is 29.2 Å². The first-order valence-electron chi connectivity index (χ1n) is 5.94. The van der Waals surface area contributed by atoms with Crippen LogP contribution in [0.5, 0.6) is 0 Å². The molecule has 2 heterocycles. The van der Waals surface area contributed by atoms with Crippen molar-refractivity contribution in [3.8, 4) is 0 Å². The highest BCUT2D eigenvalue weighted by atomic mass is 16.8. The third-order valence-electron chi connectivity index (χ3n) is 2.73. The average molecular weight is 302 g/mol. The first kappa shape index (κ1) is 15.1. The standard InChI is InChI=1S/C12H14O9/c1-10(2)18-6(13)5(7(14)19-10)12(17)8(15)20-11(3,4)21-9(12)16/h13,17H,1-4H3. The Morgan fingerprint density at radius 1 is 0.810 bits per heavy atom. The number of rotatable bonds is 1. The van der Waals surface area contributed by atoms with Gasteiger partial charge in [0.15, 0.2) is 5.57 Å². The third kappa shape index (κ3) is 2.29. The summed E-state index contributed by atoms with van der Waals surface area (Å²) < 4.78 is 19.1. The minimum absolute atomic E-state index is 1.09. The highest BCUT2D eigenvalue weighted by Gasteiger charge is 2.63. The number of hydrogen-bond donors (Lipinski definition) is 2. The van der Waals surface area contributed by atoms with E-state index in [1.807, 2.05) is 0 Å². The van der Waals surface area contributed by atoms with E-state index in [0.717, 1.165) is 0 Å². The number of carbonyl (C=O) groups is 3. The number of hydrogen-bond acceptors (Lipinski definition) is 9. The number of cyclic esters (lactones) is 3. The SMILES string of the molecule is CC1(C)OC(=O)C(O)(C2=C(O)OC(C)(C)OC2=O)C(=O)O1. The van der Waals surface area contributed by atoms with Gasteiger partial charge in [-0.05, 0) is 0 Å². The van der Waals surface area contributed by atoms with E-state index in [0.29, 0.717) is 0 Å². The van der Waals surface area contributed by atoms with E-state index < -0.39 is 46.6 Å². The van der Waals surface area contributed by atoms with Crippen molar-refractivity contribution in [2.45, 2.75) is 44.9 Å². The van der Waals surface area contributed by atoms with Gasteiger partial charge in [-0.3, -0.25) is 0 Å². The summed E-state index contributed by atoms with van der Waals surface area (Å²) in [4.78, 5) is 35.7. The quantitative estimate of drug-likeness (QED) is 0.492. The highest BCUT2D eigenvalue weighted by Crippen LogP contribution is 2.37. The maximum absolute atomic E-state index is 11.9. The van der Waals surface area contributed by atoms with Gasteiger partial charge in [-0.2, -0.15) is 0 Å².